The molecule has 0 unspecified atom stereocenters. The molecule has 0 radical (unpaired) electrons. The zero-order valence-corrected chi connectivity index (χ0v) is 10.3. The Labute approximate surface area is 96.4 Å². The number of benzene rings is 1. The number of nitrogens with one attached hydrogen (secondary N) is 1. The first-order valence-electron chi connectivity index (χ1n) is 5.28. The molecule has 0 aliphatic heterocycles. The first-order valence-corrected chi connectivity index (χ1v) is 6.43. The minimum atomic E-state index is 0.917. The Balaban J connectivity index is 2.20. The number of ether oxygens (including phenoxy) is 1. The van der Waals surface area contributed by atoms with Gasteiger partial charge in [0, 0.05) is 18.8 Å². The van der Waals surface area contributed by atoms with Crippen molar-refractivity contribution in [1.29, 1.82) is 0 Å². The normalized spacial score (nSPS) is 10.3. The third-order valence-corrected chi connectivity index (χ3v) is 3.02. The number of methoxy groups -OCH3 is 1. The average Bonchev–Trinajstić information content (AvgIpc) is 2.30. The third-order valence-electron chi connectivity index (χ3n) is 2.12. The highest BCUT2D eigenvalue weighted by atomic mass is 32.2. The molecule has 0 aliphatic carbocycles. The maximum Gasteiger partial charge on any atom is 0.118 e. The Morgan fingerprint density at radius 2 is 2.00 bits per heavy atom. The van der Waals surface area contributed by atoms with Crippen LogP contribution >= 0.6 is 11.8 Å². The van der Waals surface area contributed by atoms with Gasteiger partial charge in [0.25, 0.3) is 0 Å². The van der Waals surface area contributed by atoms with Gasteiger partial charge < -0.3 is 10.1 Å². The number of thioether (sulfide) groups is 1. The second kappa shape index (κ2) is 7.60. The first kappa shape index (κ1) is 12.4. The minimum Gasteiger partial charge on any atom is -0.497 e. The summed E-state index contributed by atoms with van der Waals surface area (Å²) in [6, 6.07) is 8.19. The van der Waals surface area contributed by atoms with Gasteiger partial charge in [0.1, 0.15) is 5.75 Å². The lowest BCUT2D eigenvalue weighted by Crippen LogP contribution is -2.16. The lowest BCUT2D eigenvalue weighted by molar-refractivity contribution is 0.414. The van der Waals surface area contributed by atoms with E-state index < -0.39 is 0 Å². The number of hydrogen-bond acceptors (Lipinski definition) is 3. The van der Waals surface area contributed by atoms with Gasteiger partial charge in [-0.15, -0.1) is 0 Å². The maximum atomic E-state index is 5.10. The second-order valence-electron chi connectivity index (χ2n) is 3.22. The van der Waals surface area contributed by atoms with Crippen LogP contribution in [0.2, 0.25) is 0 Å². The van der Waals surface area contributed by atoms with Gasteiger partial charge in [-0.1, -0.05) is 19.1 Å². The molecule has 0 heterocycles. The molecular formula is C12H19NOS. The van der Waals surface area contributed by atoms with Crippen LogP contribution in [0.3, 0.4) is 0 Å². The van der Waals surface area contributed by atoms with Crippen molar-refractivity contribution in [2.75, 3.05) is 25.2 Å². The zero-order chi connectivity index (χ0) is 10.9. The summed E-state index contributed by atoms with van der Waals surface area (Å²) in [7, 11) is 1.69. The van der Waals surface area contributed by atoms with E-state index in [9.17, 15) is 0 Å². The van der Waals surface area contributed by atoms with E-state index in [0.717, 1.165) is 18.8 Å². The summed E-state index contributed by atoms with van der Waals surface area (Å²) in [6.45, 7) is 4.20. The molecule has 1 N–H and O–H groups in total. The fourth-order valence-corrected chi connectivity index (χ4v) is 1.84. The molecule has 0 bridgehead atoms. The minimum absolute atomic E-state index is 0.917. The van der Waals surface area contributed by atoms with Crippen molar-refractivity contribution in [2.24, 2.45) is 0 Å². The van der Waals surface area contributed by atoms with Crippen molar-refractivity contribution in [3.63, 3.8) is 0 Å². The largest absolute Gasteiger partial charge is 0.497 e. The molecule has 0 amide bonds. The van der Waals surface area contributed by atoms with Gasteiger partial charge in [0.2, 0.25) is 0 Å². The molecule has 15 heavy (non-hydrogen) atoms. The Hall–Kier alpha value is -0.670. The van der Waals surface area contributed by atoms with E-state index in [4.69, 9.17) is 4.74 Å². The Kier molecular flexibility index (Phi) is 6.28. The van der Waals surface area contributed by atoms with Crippen LogP contribution in [0.4, 0.5) is 0 Å². The van der Waals surface area contributed by atoms with E-state index in [1.54, 1.807) is 7.11 Å². The average molecular weight is 225 g/mol. The molecular weight excluding hydrogens is 206 g/mol. The lowest BCUT2D eigenvalue weighted by atomic mass is 10.2. The van der Waals surface area contributed by atoms with Gasteiger partial charge in [-0.05, 0) is 23.4 Å². The Morgan fingerprint density at radius 1 is 1.27 bits per heavy atom. The van der Waals surface area contributed by atoms with Crippen LogP contribution < -0.4 is 10.1 Å². The standard InChI is InChI=1S/C12H19NOS/c1-3-15-9-8-13-10-11-4-6-12(14-2)7-5-11/h4-7,13H,3,8-10H2,1-2H3. The van der Waals surface area contributed by atoms with Gasteiger partial charge in [-0.3, -0.25) is 0 Å². The molecule has 0 fully saturated rings. The molecule has 2 nitrogen and oxygen atoms in total. The summed E-state index contributed by atoms with van der Waals surface area (Å²) in [5.74, 6) is 3.30. The van der Waals surface area contributed by atoms with Crippen LogP contribution in [0.1, 0.15) is 12.5 Å². The van der Waals surface area contributed by atoms with Crippen molar-refractivity contribution < 1.29 is 4.74 Å². The fraction of sp³-hybridized carbons (Fsp3) is 0.500. The highest BCUT2D eigenvalue weighted by Gasteiger charge is 1.93. The molecule has 84 valence electrons. The fourth-order valence-electron chi connectivity index (χ4n) is 1.26. The SMILES string of the molecule is CCSCCNCc1ccc(OC)cc1. The topological polar surface area (TPSA) is 21.3 Å². The van der Waals surface area contributed by atoms with Crippen molar-refractivity contribution in [2.45, 2.75) is 13.5 Å². The predicted molar refractivity (Wildman–Crippen MR) is 67.7 cm³/mol. The first-order chi connectivity index (χ1) is 7.36. The van der Waals surface area contributed by atoms with E-state index in [1.165, 1.54) is 17.1 Å². The van der Waals surface area contributed by atoms with Crippen LogP contribution in [-0.4, -0.2) is 25.2 Å². The second-order valence-corrected chi connectivity index (χ2v) is 4.62. The quantitative estimate of drug-likeness (QED) is 0.721. The van der Waals surface area contributed by atoms with Crippen LogP contribution in [0.15, 0.2) is 24.3 Å². The molecule has 0 atom stereocenters. The molecule has 0 aliphatic rings. The monoisotopic (exact) mass is 225 g/mol. The van der Waals surface area contributed by atoms with Gasteiger partial charge in [-0.2, -0.15) is 11.8 Å². The highest BCUT2D eigenvalue weighted by molar-refractivity contribution is 7.99. The number of rotatable bonds is 7. The van der Waals surface area contributed by atoms with Crippen molar-refractivity contribution in [1.82, 2.24) is 5.32 Å². The van der Waals surface area contributed by atoms with Gasteiger partial charge >= 0.3 is 0 Å². The third kappa shape index (κ3) is 5.09. The molecule has 0 aromatic heterocycles. The van der Waals surface area contributed by atoms with E-state index >= 15 is 0 Å². The number of hydrogen-bond donors (Lipinski definition) is 1. The molecule has 0 saturated heterocycles. The van der Waals surface area contributed by atoms with Gasteiger partial charge in [0.05, 0.1) is 7.11 Å². The van der Waals surface area contributed by atoms with E-state index in [-0.39, 0.29) is 0 Å². The van der Waals surface area contributed by atoms with Crippen molar-refractivity contribution in [3.05, 3.63) is 29.8 Å². The molecule has 1 aromatic rings. The van der Waals surface area contributed by atoms with Crippen LogP contribution in [0.25, 0.3) is 0 Å². The molecule has 0 spiro atoms. The summed E-state index contributed by atoms with van der Waals surface area (Å²) in [4.78, 5) is 0. The summed E-state index contributed by atoms with van der Waals surface area (Å²) in [5.41, 5.74) is 1.30. The van der Waals surface area contributed by atoms with E-state index in [0.29, 0.717) is 0 Å². The van der Waals surface area contributed by atoms with Crippen LogP contribution in [0.5, 0.6) is 5.75 Å². The van der Waals surface area contributed by atoms with E-state index in [1.807, 2.05) is 23.9 Å². The Bertz CT molecular complexity index is 261. The lowest BCUT2D eigenvalue weighted by Gasteiger charge is -2.05. The summed E-state index contributed by atoms with van der Waals surface area (Å²) >= 11 is 1.97. The van der Waals surface area contributed by atoms with Gasteiger partial charge in [-0.25, -0.2) is 0 Å². The zero-order valence-electron chi connectivity index (χ0n) is 9.45. The van der Waals surface area contributed by atoms with Crippen molar-refractivity contribution in [3.8, 4) is 5.75 Å². The predicted octanol–water partition coefficient (Wildman–Crippen LogP) is 2.54. The van der Waals surface area contributed by atoms with Gasteiger partial charge in [0.15, 0.2) is 0 Å². The van der Waals surface area contributed by atoms with Crippen molar-refractivity contribution >= 4 is 11.8 Å². The smallest absolute Gasteiger partial charge is 0.118 e. The summed E-state index contributed by atoms with van der Waals surface area (Å²) < 4.78 is 5.10. The highest BCUT2D eigenvalue weighted by Crippen LogP contribution is 2.10. The van der Waals surface area contributed by atoms with Crippen LogP contribution in [-0.2, 0) is 6.54 Å². The molecule has 3 heteroatoms. The molecule has 1 aromatic carbocycles. The molecule has 0 saturated carbocycles. The summed E-state index contributed by atoms with van der Waals surface area (Å²) in [5, 5.41) is 3.41. The van der Waals surface area contributed by atoms with E-state index in [2.05, 4.69) is 24.4 Å². The Morgan fingerprint density at radius 3 is 2.60 bits per heavy atom. The molecule has 1 rings (SSSR count). The summed E-state index contributed by atoms with van der Waals surface area (Å²) in [6.07, 6.45) is 0. The van der Waals surface area contributed by atoms with Crippen LogP contribution in [0, 0.1) is 0 Å². The maximum absolute atomic E-state index is 5.10.